The summed E-state index contributed by atoms with van der Waals surface area (Å²) >= 11 is 0. The number of anilines is 1. The standard InChI is InChI=1S/C20H15FN4O/c1-26-15-8-4-13(5-9-15)18-19-17(24-20(22)25-18)11-10-16(23-19)12-2-6-14(21)7-3-12/h2-11H,1H3,(H2,22,24,25). The average molecular weight is 346 g/mol. The summed E-state index contributed by atoms with van der Waals surface area (Å²) in [6, 6.07) is 17.4. The van der Waals surface area contributed by atoms with Crippen LogP contribution in [0.25, 0.3) is 33.5 Å². The molecular weight excluding hydrogens is 331 g/mol. The Kier molecular flexibility index (Phi) is 3.93. The summed E-state index contributed by atoms with van der Waals surface area (Å²) in [6.45, 7) is 0. The van der Waals surface area contributed by atoms with E-state index in [1.54, 1.807) is 19.2 Å². The number of halogens is 1. The highest BCUT2D eigenvalue weighted by atomic mass is 19.1. The molecule has 0 aliphatic carbocycles. The van der Waals surface area contributed by atoms with E-state index < -0.39 is 0 Å². The number of pyridine rings is 1. The predicted octanol–water partition coefficient (Wildman–Crippen LogP) is 4.09. The minimum absolute atomic E-state index is 0.180. The molecule has 2 aromatic carbocycles. The van der Waals surface area contributed by atoms with Gasteiger partial charge in [0.1, 0.15) is 22.8 Å². The van der Waals surface area contributed by atoms with Crippen molar-refractivity contribution in [3.8, 4) is 28.3 Å². The van der Waals surface area contributed by atoms with Crippen molar-refractivity contribution in [2.75, 3.05) is 12.8 Å². The fourth-order valence-corrected chi connectivity index (χ4v) is 2.76. The van der Waals surface area contributed by atoms with Crippen LogP contribution in [-0.4, -0.2) is 22.1 Å². The van der Waals surface area contributed by atoms with Crippen LogP contribution >= 0.6 is 0 Å². The van der Waals surface area contributed by atoms with Crippen LogP contribution in [-0.2, 0) is 0 Å². The third kappa shape index (κ3) is 2.93. The van der Waals surface area contributed by atoms with E-state index >= 15 is 0 Å². The van der Waals surface area contributed by atoms with E-state index in [0.717, 1.165) is 16.9 Å². The molecule has 2 aromatic heterocycles. The van der Waals surface area contributed by atoms with Crippen LogP contribution in [0.4, 0.5) is 10.3 Å². The monoisotopic (exact) mass is 346 g/mol. The first-order valence-electron chi connectivity index (χ1n) is 7.99. The Morgan fingerprint density at radius 3 is 2.19 bits per heavy atom. The van der Waals surface area contributed by atoms with Gasteiger partial charge < -0.3 is 10.5 Å². The third-order valence-corrected chi connectivity index (χ3v) is 4.06. The summed E-state index contributed by atoms with van der Waals surface area (Å²) in [4.78, 5) is 13.3. The van der Waals surface area contributed by atoms with Crippen molar-refractivity contribution in [3.63, 3.8) is 0 Å². The number of ether oxygens (including phenoxy) is 1. The highest BCUT2D eigenvalue weighted by Crippen LogP contribution is 2.29. The third-order valence-electron chi connectivity index (χ3n) is 4.06. The topological polar surface area (TPSA) is 73.9 Å². The maximum absolute atomic E-state index is 13.2. The molecule has 0 amide bonds. The van der Waals surface area contributed by atoms with Gasteiger partial charge in [0.15, 0.2) is 0 Å². The zero-order valence-corrected chi connectivity index (χ0v) is 14.0. The lowest BCUT2D eigenvalue weighted by Gasteiger charge is -2.09. The van der Waals surface area contributed by atoms with Crippen LogP contribution in [0.5, 0.6) is 5.75 Å². The Hall–Kier alpha value is -3.54. The van der Waals surface area contributed by atoms with Gasteiger partial charge in [0.05, 0.1) is 18.3 Å². The molecule has 0 atom stereocenters. The quantitative estimate of drug-likeness (QED) is 0.605. The molecule has 0 spiro atoms. The van der Waals surface area contributed by atoms with Crippen LogP contribution in [0.2, 0.25) is 0 Å². The van der Waals surface area contributed by atoms with E-state index in [1.807, 2.05) is 36.4 Å². The fraction of sp³-hybridized carbons (Fsp3) is 0.0500. The molecule has 0 radical (unpaired) electrons. The van der Waals surface area contributed by atoms with Crippen molar-refractivity contribution in [2.45, 2.75) is 0 Å². The summed E-state index contributed by atoms with van der Waals surface area (Å²) in [7, 11) is 1.61. The Morgan fingerprint density at radius 2 is 1.50 bits per heavy atom. The molecule has 0 bridgehead atoms. The zero-order valence-electron chi connectivity index (χ0n) is 14.0. The molecule has 0 aliphatic rings. The molecule has 0 aliphatic heterocycles. The van der Waals surface area contributed by atoms with Crippen LogP contribution in [0.3, 0.4) is 0 Å². The zero-order chi connectivity index (χ0) is 18.1. The van der Waals surface area contributed by atoms with Gasteiger partial charge in [-0.2, -0.15) is 0 Å². The van der Waals surface area contributed by atoms with E-state index in [9.17, 15) is 4.39 Å². The number of nitrogen functional groups attached to an aromatic ring is 1. The number of nitrogens with two attached hydrogens (primary N) is 1. The van der Waals surface area contributed by atoms with Gasteiger partial charge in [-0.25, -0.2) is 19.3 Å². The van der Waals surface area contributed by atoms with Gasteiger partial charge in [0, 0.05) is 11.1 Å². The van der Waals surface area contributed by atoms with E-state index in [2.05, 4.69) is 9.97 Å². The van der Waals surface area contributed by atoms with E-state index in [0.29, 0.717) is 22.4 Å². The maximum atomic E-state index is 13.2. The first-order chi connectivity index (χ1) is 12.6. The van der Waals surface area contributed by atoms with Gasteiger partial charge in [0.2, 0.25) is 5.95 Å². The summed E-state index contributed by atoms with van der Waals surface area (Å²) in [5.74, 6) is 0.643. The van der Waals surface area contributed by atoms with Gasteiger partial charge >= 0.3 is 0 Å². The second kappa shape index (κ2) is 6.40. The molecule has 0 saturated carbocycles. The second-order valence-corrected chi connectivity index (χ2v) is 5.73. The Bertz CT molecular complexity index is 1080. The van der Waals surface area contributed by atoms with Crippen molar-refractivity contribution in [3.05, 3.63) is 66.5 Å². The molecule has 4 aromatic rings. The number of benzene rings is 2. The lowest BCUT2D eigenvalue weighted by molar-refractivity contribution is 0.415. The molecule has 0 unspecified atom stereocenters. The second-order valence-electron chi connectivity index (χ2n) is 5.73. The Labute approximate surface area is 149 Å². The predicted molar refractivity (Wildman–Crippen MR) is 99.1 cm³/mol. The molecule has 6 heteroatoms. The minimum atomic E-state index is -0.287. The number of aromatic nitrogens is 3. The number of rotatable bonds is 3. The number of nitrogens with zero attached hydrogens (tertiary/aromatic N) is 3. The van der Waals surface area contributed by atoms with Crippen molar-refractivity contribution in [1.82, 2.24) is 15.0 Å². The number of fused-ring (bicyclic) bond motifs is 1. The van der Waals surface area contributed by atoms with Gasteiger partial charge in [-0.05, 0) is 60.7 Å². The molecular formula is C20H15FN4O. The maximum Gasteiger partial charge on any atom is 0.221 e. The largest absolute Gasteiger partial charge is 0.497 e. The lowest BCUT2D eigenvalue weighted by Crippen LogP contribution is -2.00. The van der Waals surface area contributed by atoms with Crippen LogP contribution < -0.4 is 10.5 Å². The molecule has 5 nitrogen and oxygen atoms in total. The van der Waals surface area contributed by atoms with Crippen molar-refractivity contribution in [1.29, 1.82) is 0 Å². The molecule has 4 rings (SSSR count). The summed E-state index contributed by atoms with van der Waals surface area (Å²) in [6.07, 6.45) is 0. The molecule has 26 heavy (non-hydrogen) atoms. The van der Waals surface area contributed by atoms with Gasteiger partial charge in [-0.1, -0.05) is 0 Å². The van der Waals surface area contributed by atoms with Crippen molar-refractivity contribution in [2.24, 2.45) is 0 Å². The highest BCUT2D eigenvalue weighted by Gasteiger charge is 2.12. The Morgan fingerprint density at radius 1 is 0.808 bits per heavy atom. The molecule has 2 N–H and O–H groups in total. The van der Waals surface area contributed by atoms with E-state index in [1.165, 1.54) is 12.1 Å². The van der Waals surface area contributed by atoms with Crippen LogP contribution in [0.1, 0.15) is 0 Å². The van der Waals surface area contributed by atoms with E-state index in [-0.39, 0.29) is 11.8 Å². The van der Waals surface area contributed by atoms with Gasteiger partial charge in [-0.3, -0.25) is 0 Å². The number of hydrogen-bond acceptors (Lipinski definition) is 5. The van der Waals surface area contributed by atoms with Gasteiger partial charge in [-0.15, -0.1) is 0 Å². The summed E-state index contributed by atoms with van der Waals surface area (Å²) < 4.78 is 18.4. The van der Waals surface area contributed by atoms with E-state index in [4.69, 9.17) is 15.5 Å². The van der Waals surface area contributed by atoms with Crippen molar-refractivity contribution < 1.29 is 9.13 Å². The van der Waals surface area contributed by atoms with Crippen LogP contribution in [0.15, 0.2) is 60.7 Å². The Balaban J connectivity index is 1.90. The molecule has 2 heterocycles. The van der Waals surface area contributed by atoms with Crippen LogP contribution in [0, 0.1) is 5.82 Å². The molecule has 128 valence electrons. The summed E-state index contributed by atoms with van der Waals surface area (Å²) in [5.41, 5.74) is 10.2. The molecule has 0 saturated heterocycles. The SMILES string of the molecule is COc1ccc(-c2nc(N)nc3ccc(-c4ccc(F)cc4)nc23)cc1. The van der Waals surface area contributed by atoms with Gasteiger partial charge in [0.25, 0.3) is 0 Å². The first kappa shape index (κ1) is 16.0. The number of hydrogen-bond donors (Lipinski definition) is 1. The normalized spacial score (nSPS) is 10.8. The first-order valence-corrected chi connectivity index (χ1v) is 7.99. The van der Waals surface area contributed by atoms with Crippen molar-refractivity contribution >= 4 is 17.0 Å². The lowest BCUT2D eigenvalue weighted by atomic mass is 10.1. The fourth-order valence-electron chi connectivity index (χ4n) is 2.76. The number of methoxy groups -OCH3 is 1. The smallest absolute Gasteiger partial charge is 0.221 e. The molecule has 0 fully saturated rings. The average Bonchev–Trinajstić information content (AvgIpc) is 2.68. The summed E-state index contributed by atoms with van der Waals surface area (Å²) in [5, 5.41) is 0. The highest BCUT2D eigenvalue weighted by molar-refractivity contribution is 5.91. The minimum Gasteiger partial charge on any atom is -0.497 e.